The van der Waals surface area contributed by atoms with Gasteiger partial charge in [0, 0.05) is 0 Å². The van der Waals surface area contributed by atoms with E-state index in [4.69, 9.17) is 16.3 Å². The summed E-state index contributed by atoms with van der Waals surface area (Å²) in [5, 5.41) is 14.5. The van der Waals surface area contributed by atoms with Crippen LogP contribution < -0.4 is 5.73 Å². The van der Waals surface area contributed by atoms with Crippen LogP contribution in [0, 0.1) is 22.7 Å². The average Bonchev–Trinajstić information content (AvgIpc) is 1.83. The lowest BCUT2D eigenvalue weighted by molar-refractivity contribution is 0.0600. The highest BCUT2D eigenvalue weighted by atomic mass is 16.6. The molecule has 0 unspecified atom stereocenters. The van der Waals surface area contributed by atoms with Crippen LogP contribution in [-0.2, 0) is 4.74 Å². The smallest absolute Gasteiger partial charge is 0.405 e. The van der Waals surface area contributed by atoms with E-state index in [0.717, 1.165) is 0 Å². The number of carbonyl (C=O) groups is 1. The Bertz CT molecular complexity index is 204. The molecule has 0 saturated carbocycles. The largest absolute Gasteiger partial charge is 0.444 e. The van der Waals surface area contributed by atoms with Crippen molar-refractivity contribution in [3.05, 3.63) is 0 Å². The Morgan fingerprint density at radius 2 is 1.67 bits per heavy atom. The number of nitrogens with zero attached hydrogens (tertiary/aromatic N) is 2. The highest BCUT2D eigenvalue weighted by molar-refractivity contribution is 5.65. The summed E-state index contributed by atoms with van der Waals surface area (Å²) in [5.74, 6) is 0. The van der Waals surface area contributed by atoms with E-state index in [2.05, 4.69) is 4.74 Å². The summed E-state index contributed by atoms with van der Waals surface area (Å²) in [6.45, 7) is 5.28. The second-order valence-corrected chi connectivity index (χ2v) is 2.76. The molecular weight excluding hydrogens is 158 g/mol. The first-order valence-corrected chi connectivity index (χ1v) is 3.10. The maximum Gasteiger partial charge on any atom is 0.405 e. The first kappa shape index (κ1) is 12.9. The second-order valence-electron chi connectivity index (χ2n) is 2.76. The van der Waals surface area contributed by atoms with Gasteiger partial charge in [-0.2, -0.15) is 10.5 Å². The molecule has 5 nitrogen and oxygen atoms in total. The van der Waals surface area contributed by atoms with Crippen LogP contribution in [0.2, 0.25) is 0 Å². The quantitative estimate of drug-likeness (QED) is 0.582. The highest BCUT2D eigenvalue weighted by Gasteiger charge is 2.12. The molecule has 2 N–H and O–H groups in total. The fraction of sp³-hybridized carbons (Fsp3) is 0.571. The number of hydrogen-bond acceptors (Lipinski definition) is 4. The van der Waals surface area contributed by atoms with Gasteiger partial charge < -0.3 is 10.5 Å². The normalized spacial score (nSPS) is 8.08. The van der Waals surface area contributed by atoms with E-state index in [1.54, 1.807) is 20.8 Å². The third kappa shape index (κ3) is 24.0. The SMILES string of the molecule is CC(C)(C)OC(N)=O.N#CC#N. The zero-order valence-corrected chi connectivity index (χ0v) is 7.29. The van der Waals surface area contributed by atoms with Crippen molar-refractivity contribution < 1.29 is 9.53 Å². The number of ether oxygens (including phenoxy) is 1. The standard InChI is InChI=1S/C5H11NO2.C2N2/c1-5(2,3)8-4(6)7;3-1-2-4/h1-3H3,(H2,6,7);. The zero-order valence-electron chi connectivity index (χ0n) is 7.29. The molecule has 0 rings (SSSR count). The Kier molecular flexibility index (Phi) is 6.43. The summed E-state index contributed by atoms with van der Waals surface area (Å²) in [5.41, 5.74) is 4.26. The van der Waals surface area contributed by atoms with Crippen molar-refractivity contribution in [2.24, 2.45) is 5.73 Å². The molecule has 0 aliphatic rings. The van der Waals surface area contributed by atoms with Crippen LogP contribution in [0.4, 0.5) is 4.79 Å². The van der Waals surface area contributed by atoms with Crippen LogP contribution in [0.5, 0.6) is 0 Å². The molecular formula is C7H11N3O2. The molecule has 0 aliphatic carbocycles. The van der Waals surface area contributed by atoms with Crippen molar-refractivity contribution >= 4 is 6.09 Å². The Hall–Kier alpha value is -1.75. The van der Waals surface area contributed by atoms with Crippen LogP contribution >= 0.6 is 0 Å². The minimum absolute atomic E-state index is 0.453. The molecule has 0 fully saturated rings. The van der Waals surface area contributed by atoms with Crippen molar-refractivity contribution in [2.45, 2.75) is 26.4 Å². The maximum absolute atomic E-state index is 10.0. The van der Waals surface area contributed by atoms with Crippen LogP contribution in [-0.4, -0.2) is 11.7 Å². The molecule has 1 amide bonds. The van der Waals surface area contributed by atoms with Gasteiger partial charge in [-0.15, -0.1) is 0 Å². The third-order valence-electron chi connectivity index (χ3n) is 0.457. The van der Waals surface area contributed by atoms with Crippen LogP contribution in [0.25, 0.3) is 0 Å². The lowest BCUT2D eigenvalue weighted by Gasteiger charge is -2.16. The number of hydrogen-bond donors (Lipinski definition) is 1. The van der Waals surface area contributed by atoms with Gasteiger partial charge in [-0.25, -0.2) is 4.79 Å². The van der Waals surface area contributed by atoms with Gasteiger partial charge in [0.1, 0.15) is 5.60 Å². The summed E-state index contributed by atoms with van der Waals surface area (Å²) < 4.78 is 4.58. The zero-order chi connectivity index (χ0) is 10.2. The molecule has 0 radical (unpaired) electrons. The van der Waals surface area contributed by atoms with Gasteiger partial charge in [0.05, 0.1) is 0 Å². The van der Waals surface area contributed by atoms with E-state index in [1.807, 2.05) is 0 Å². The van der Waals surface area contributed by atoms with E-state index in [0.29, 0.717) is 0 Å². The molecule has 0 aliphatic heterocycles. The maximum atomic E-state index is 10.0. The first-order chi connectivity index (χ1) is 5.33. The first-order valence-electron chi connectivity index (χ1n) is 3.10. The minimum atomic E-state index is -0.725. The minimum Gasteiger partial charge on any atom is -0.444 e. The molecule has 12 heavy (non-hydrogen) atoms. The van der Waals surface area contributed by atoms with Crippen LogP contribution in [0.1, 0.15) is 20.8 Å². The molecule has 0 aromatic carbocycles. The van der Waals surface area contributed by atoms with Gasteiger partial charge in [0.25, 0.3) is 0 Å². The molecule has 0 saturated heterocycles. The predicted molar refractivity (Wildman–Crippen MR) is 41.6 cm³/mol. The number of primary amides is 1. The molecule has 0 atom stereocenters. The molecule has 0 heterocycles. The summed E-state index contributed by atoms with van der Waals surface area (Å²) in [4.78, 5) is 10.0. The summed E-state index contributed by atoms with van der Waals surface area (Å²) in [6, 6.07) is 2.47. The summed E-state index contributed by atoms with van der Waals surface area (Å²) in [7, 11) is 0. The predicted octanol–water partition coefficient (Wildman–Crippen LogP) is 0.914. The van der Waals surface area contributed by atoms with Crippen molar-refractivity contribution in [3.8, 4) is 12.1 Å². The van der Waals surface area contributed by atoms with Gasteiger partial charge in [-0.1, -0.05) is 0 Å². The lowest BCUT2D eigenvalue weighted by atomic mass is 10.2. The number of amides is 1. The fourth-order valence-corrected chi connectivity index (χ4v) is 0.302. The van der Waals surface area contributed by atoms with E-state index in [-0.39, 0.29) is 0 Å². The van der Waals surface area contributed by atoms with Crippen molar-refractivity contribution in [3.63, 3.8) is 0 Å². The molecule has 66 valence electrons. The Morgan fingerprint density at radius 3 is 1.67 bits per heavy atom. The van der Waals surface area contributed by atoms with Crippen LogP contribution in [0.3, 0.4) is 0 Å². The fourth-order valence-electron chi connectivity index (χ4n) is 0.302. The molecule has 0 bridgehead atoms. The van der Waals surface area contributed by atoms with Crippen molar-refractivity contribution in [1.82, 2.24) is 0 Å². The van der Waals surface area contributed by atoms with Gasteiger partial charge in [-0.05, 0) is 20.8 Å². The second kappa shape index (κ2) is 5.99. The molecule has 0 aromatic rings. The number of carbonyl (C=O) groups excluding carboxylic acids is 1. The lowest BCUT2D eigenvalue weighted by Crippen LogP contribution is -2.27. The Labute approximate surface area is 71.3 Å². The highest BCUT2D eigenvalue weighted by Crippen LogP contribution is 2.04. The third-order valence-corrected chi connectivity index (χ3v) is 0.457. The Morgan fingerprint density at radius 1 is 1.33 bits per heavy atom. The number of rotatable bonds is 0. The molecule has 0 aromatic heterocycles. The summed E-state index contributed by atoms with van der Waals surface area (Å²) >= 11 is 0. The Balaban J connectivity index is 0. The number of nitriles is 2. The van der Waals surface area contributed by atoms with E-state index in [9.17, 15) is 4.79 Å². The average molecular weight is 169 g/mol. The molecule has 5 heteroatoms. The molecule has 0 spiro atoms. The van der Waals surface area contributed by atoms with Gasteiger partial charge in [0.2, 0.25) is 0 Å². The number of nitrogens with two attached hydrogens (primary N) is 1. The van der Waals surface area contributed by atoms with E-state index >= 15 is 0 Å². The van der Waals surface area contributed by atoms with E-state index in [1.165, 1.54) is 12.1 Å². The van der Waals surface area contributed by atoms with Gasteiger partial charge >= 0.3 is 6.09 Å². The van der Waals surface area contributed by atoms with Gasteiger partial charge in [0.15, 0.2) is 12.1 Å². The van der Waals surface area contributed by atoms with Crippen LogP contribution in [0.15, 0.2) is 0 Å². The van der Waals surface area contributed by atoms with Crippen molar-refractivity contribution in [2.75, 3.05) is 0 Å². The van der Waals surface area contributed by atoms with E-state index < -0.39 is 11.7 Å². The summed E-state index contributed by atoms with van der Waals surface area (Å²) in [6.07, 6.45) is -0.725. The van der Waals surface area contributed by atoms with Crippen molar-refractivity contribution in [1.29, 1.82) is 10.5 Å². The van der Waals surface area contributed by atoms with Gasteiger partial charge in [-0.3, -0.25) is 0 Å². The topological polar surface area (TPSA) is 99.9 Å². The monoisotopic (exact) mass is 169 g/mol.